The van der Waals surface area contributed by atoms with E-state index in [2.05, 4.69) is 4.99 Å². The first-order valence-corrected chi connectivity index (χ1v) is 12.9. The summed E-state index contributed by atoms with van der Waals surface area (Å²) < 4.78 is 5.29. The van der Waals surface area contributed by atoms with Crippen LogP contribution in [0.15, 0.2) is 114 Å². The Balaban J connectivity index is 1.76. The van der Waals surface area contributed by atoms with E-state index in [0.29, 0.717) is 11.4 Å². The number of rotatable bonds is 11. The van der Waals surface area contributed by atoms with Crippen LogP contribution in [-0.4, -0.2) is 35.8 Å². The SMILES string of the molecule is COc1ccc(CN(C(=O)C(c2ccccc2)c2ccccc2)[C@H](Cc2ccc(N=C(N)N)cc2)C(N)=O)cc1. The molecule has 4 rings (SSSR count). The fourth-order valence-electron chi connectivity index (χ4n) is 4.65. The number of hydrogen-bond acceptors (Lipinski definition) is 4. The van der Waals surface area contributed by atoms with Crippen molar-refractivity contribution in [3.63, 3.8) is 0 Å². The Labute approximate surface area is 234 Å². The van der Waals surface area contributed by atoms with Crippen LogP contribution in [0, 0.1) is 0 Å². The molecule has 0 aliphatic carbocycles. The Bertz CT molecular complexity index is 1400. The quantitative estimate of drug-likeness (QED) is 0.198. The predicted octanol–water partition coefficient (Wildman–Crippen LogP) is 3.86. The third-order valence-electron chi connectivity index (χ3n) is 6.64. The Hall–Kier alpha value is -5.11. The van der Waals surface area contributed by atoms with Crippen molar-refractivity contribution in [2.45, 2.75) is 24.9 Å². The van der Waals surface area contributed by atoms with Gasteiger partial charge in [-0.05, 0) is 46.5 Å². The van der Waals surface area contributed by atoms with Gasteiger partial charge in [0.25, 0.3) is 0 Å². The molecule has 0 fully saturated rings. The summed E-state index contributed by atoms with van der Waals surface area (Å²) in [7, 11) is 1.59. The van der Waals surface area contributed by atoms with Gasteiger partial charge in [-0.1, -0.05) is 84.9 Å². The van der Waals surface area contributed by atoms with Crippen molar-refractivity contribution in [1.29, 1.82) is 0 Å². The summed E-state index contributed by atoms with van der Waals surface area (Å²) in [6.07, 6.45) is 0.218. The van der Waals surface area contributed by atoms with Gasteiger partial charge in [-0.3, -0.25) is 9.59 Å². The number of aliphatic imine (C=N–C) groups is 1. The lowest BCUT2D eigenvalue weighted by molar-refractivity contribution is -0.140. The maximum Gasteiger partial charge on any atom is 0.240 e. The zero-order chi connectivity index (χ0) is 28.5. The van der Waals surface area contributed by atoms with E-state index in [1.54, 1.807) is 24.1 Å². The maximum absolute atomic E-state index is 14.5. The molecule has 0 saturated carbocycles. The normalized spacial score (nSPS) is 11.4. The molecule has 0 aliphatic rings. The second kappa shape index (κ2) is 13.1. The van der Waals surface area contributed by atoms with Crippen molar-refractivity contribution in [3.8, 4) is 5.75 Å². The summed E-state index contributed by atoms with van der Waals surface area (Å²) in [4.78, 5) is 33.2. The van der Waals surface area contributed by atoms with Crippen molar-refractivity contribution < 1.29 is 14.3 Å². The highest BCUT2D eigenvalue weighted by atomic mass is 16.5. The highest BCUT2D eigenvalue weighted by molar-refractivity contribution is 5.92. The van der Waals surface area contributed by atoms with E-state index in [1.807, 2.05) is 97.1 Å². The first-order chi connectivity index (χ1) is 19.4. The summed E-state index contributed by atoms with van der Waals surface area (Å²) >= 11 is 0. The summed E-state index contributed by atoms with van der Waals surface area (Å²) in [6.45, 7) is 0.179. The minimum atomic E-state index is -0.918. The number of amides is 2. The van der Waals surface area contributed by atoms with E-state index < -0.39 is 17.9 Å². The van der Waals surface area contributed by atoms with Crippen molar-refractivity contribution >= 4 is 23.5 Å². The van der Waals surface area contributed by atoms with Crippen LogP contribution in [-0.2, 0) is 22.6 Å². The number of primary amides is 1. The molecular formula is C32H33N5O3. The molecular weight excluding hydrogens is 502 g/mol. The molecule has 6 N–H and O–H groups in total. The van der Waals surface area contributed by atoms with Gasteiger partial charge in [0.2, 0.25) is 11.8 Å². The molecule has 8 heteroatoms. The Kier molecular flexibility index (Phi) is 9.15. The molecule has 0 unspecified atom stereocenters. The van der Waals surface area contributed by atoms with E-state index in [0.717, 1.165) is 22.3 Å². The highest BCUT2D eigenvalue weighted by Crippen LogP contribution is 2.29. The molecule has 0 aliphatic heterocycles. The largest absolute Gasteiger partial charge is 0.497 e. The molecule has 0 heterocycles. The van der Waals surface area contributed by atoms with E-state index in [4.69, 9.17) is 21.9 Å². The molecule has 1 atom stereocenters. The molecule has 0 radical (unpaired) electrons. The number of benzene rings is 4. The lowest BCUT2D eigenvalue weighted by atomic mass is 9.89. The maximum atomic E-state index is 14.5. The van der Waals surface area contributed by atoms with Crippen LogP contribution in [0.1, 0.15) is 28.2 Å². The highest BCUT2D eigenvalue weighted by Gasteiger charge is 2.34. The van der Waals surface area contributed by atoms with Gasteiger partial charge in [0.1, 0.15) is 11.8 Å². The van der Waals surface area contributed by atoms with Gasteiger partial charge in [-0.15, -0.1) is 0 Å². The lowest BCUT2D eigenvalue weighted by Gasteiger charge is -2.33. The van der Waals surface area contributed by atoms with Gasteiger partial charge in [0, 0.05) is 13.0 Å². The summed E-state index contributed by atoms with van der Waals surface area (Å²) in [5, 5.41) is 0. The smallest absolute Gasteiger partial charge is 0.240 e. The van der Waals surface area contributed by atoms with E-state index in [1.165, 1.54) is 0 Å². The summed E-state index contributed by atoms with van der Waals surface area (Å²) in [5.74, 6) is -0.816. The molecule has 0 aromatic heterocycles. The van der Waals surface area contributed by atoms with Crippen LogP contribution in [0.4, 0.5) is 5.69 Å². The van der Waals surface area contributed by atoms with Gasteiger partial charge < -0.3 is 26.8 Å². The van der Waals surface area contributed by atoms with E-state index >= 15 is 0 Å². The molecule has 4 aromatic rings. The third kappa shape index (κ3) is 7.05. The molecule has 4 aromatic carbocycles. The Morgan fingerprint density at radius 1 is 0.750 bits per heavy atom. The fraction of sp³-hybridized carbons (Fsp3) is 0.156. The molecule has 0 spiro atoms. The van der Waals surface area contributed by atoms with Gasteiger partial charge in [0.05, 0.1) is 18.7 Å². The van der Waals surface area contributed by atoms with Gasteiger partial charge in [-0.25, -0.2) is 4.99 Å². The molecule has 2 amide bonds. The summed E-state index contributed by atoms with van der Waals surface area (Å²) in [5.41, 5.74) is 20.8. The van der Waals surface area contributed by atoms with Crippen LogP contribution in [0.5, 0.6) is 5.75 Å². The van der Waals surface area contributed by atoms with E-state index in [9.17, 15) is 9.59 Å². The van der Waals surface area contributed by atoms with Crippen molar-refractivity contribution in [2.75, 3.05) is 7.11 Å². The summed E-state index contributed by atoms with van der Waals surface area (Å²) in [6, 6.07) is 32.7. The lowest BCUT2D eigenvalue weighted by Crippen LogP contribution is -2.50. The standard InChI is InChI=1S/C32H33N5O3/c1-40-27-18-14-23(15-19-27)21-37(28(30(33)38)20-22-12-16-26(17-13-22)36-32(34)35)31(39)29(24-8-4-2-5-9-24)25-10-6-3-7-11-25/h2-19,28-29H,20-21H2,1H3,(H2,33,38)(H4,34,35,36)/t28-/m1/s1. The number of methoxy groups -OCH3 is 1. The predicted molar refractivity (Wildman–Crippen MR) is 157 cm³/mol. The molecule has 0 bridgehead atoms. The number of hydrogen-bond donors (Lipinski definition) is 3. The second-order valence-corrected chi connectivity index (χ2v) is 9.39. The van der Waals surface area contributed by atoms with Gasteiger partial charge in [0.15, 0.2) is 5.96 Å². The second-order valence-electron chi connectivity index (χ2n) is 9.39. The van der Waals surface area contributed by atoms with E-state index in [-0.39, 0.29) is 24.8 Å². The minimum absolute atomic E-state index is 0.0492. The molecule has 8 nitrogen and oxygen atoms in total. The topological polar surface area (TPSA) is 137 Å². The molecule has 0 saturated heterocycles. The first-order valence-electron chi connectivity index (χ1n) is 12.9. The van der Waals surface area contributed by atoms with Gasteiger partial charge >= 0.3 is 0 Å². The Morgan fingerprint density at radius 3 is 1.75 bits per heavy atom. The first kappa shape index (κ1) is 27.9. The van der Waals surface area contributed by atoms with Crippen LogP contribution in [0.25, 0.3) is 0 Å². The Morgan fingerprint density at radius 2 is 1.27 bits per heavy atom. The van der Waals surface area contributed by atoms with Crippen molar-refractivity contribution in [3.05, 3.63) is 131 Å². The number of ether oxygens (including phenoxy) is 1. The molecule has 40 heavy (non-hydrogen) atoms. The molecule has 204 valence electrons. The zero-order valence-corrected chi connectivity index (χ0v) is 22.3. The van der Waals surface area contributed by atoms with Crippen LogP contribution in [0.3, 0.4) is 0 Å². The number of guanidine groups is 1. The average molecular weight is 536 g/mol. The monoisotopic (exact) mass is 535 g/mol. The number of nitrogens with two attached hydrogens (primary N) is 3. The number of nitrogens with zero attached hydrogens (tertiary/aromatic N) is 2. The van der Waals surface area contributed by atoms with Crippen molar-refractivity contribution in [1.82, 2.24) is 4.90 Å². The van der Waals surface area contributed by atoms with Crippen molar-refractivity contribution in [2.24, 2.45) is 22.2 Å². The fourth-order valence-corrected chi connectivity index (χ4v) is 4.65. The minimum Gasteiger partial charge on any atom is -0.497 e. The van der Waals surface area contributed by atoms with Crippen LogP contribution in [0.2, 0.25) is 0 Å². The number of carbonyl (C=O) groups excluding carboxylic acids is 2. The average Bonchev–Trinajstić information content (AvgIpc) is 2.97. The van der Waals surface area contributed by atoms with Crippen LogP contribution < -0.4 is 21.9 Å². The third-order valence-corrected chi connectivity index (χ3v) is 6.64. The van der Waals surface area contributed by atoms with Crippen LogP contribution >= 0.6 is 0 Å². The van der Waals surface area contributed by atoms with Gasteiger partial charge in [-0.2, -0.15) is 0 Å². The number of carbonyl (C=O) groups is 2. The zero-order valence-electron chi connectivity index (χ0n) is 22.3.